The molecule has 2 nitrogen and oxygen atoms in total. The molecular weight excluding hydrogens is 160 g/mol. The van der Waals surface area contributed by atoms with Gasteiger partial charge in [0.15, 0.2) is 0 Å². The van der Waals surface area contributed by atoms with E-state index in [9.17, 15) is 0 Å². The Morgan fingerprint density at radius 1 is 1.23 bits per heavy atom. The minimum absolute atomic E-state index is 0.837. The van der Waals surface area contributed by atoms with Crippen molar-refractivity contribution in [2.75, 3.05) is 26.2 Å². The Bertz CT molecular complexity index is 167. The minimum atomic E-state index is 0.837. The maximum atomic E-state index is 2.73. The summed E-state index contributed by atoms with van der Waals surface area (Å²) in [5.74, 6) is 0. The van der Waals surface area contributed by atoms with Gasteiger partial charge < -0.3 is 4.90 Å². The summed E-state index contributed by atoms with van der Waals surface area (Å²) in [4.78, 5) is 5.39. The molecule has 2 heteroatoms. The molecule has 2 aliphatic rings. The second-order valence-corrected chi connectivity index (χ2v) is 4.45. The third kappa shape index (κ3) is 1.75. The van der Waals surface area contributed by atoms with Crippen LogP contribution in [-0.2, 0) is 0 Å². The Labute approximate surface area is 81.9 Å². The van der Waals surface area contributed by atoms with Gasteiger partial charge in [-0.15, -0.1) is 0 Å². The monoisotopic (exact) mass is 182 g/mol. The molecule has 0 saturated carbocycles. The fourth-order valence-electron chi connectivity index (χ4n) is 3.05. The molecule has 0 aromatic carbocycles. The lowest BCUT2D eigenvalue weighted by atomic mass is 9.96. The van der Waals surface area contributed by atoms with E-state index in [1.807, 2.05) is 0 Å². The van der Waals surface area contributed by atoms with Crippen LogP contribution in [0.5, 0.6) is 0 Å². The quantitative estimate of drug-likeness (QED) is 0.639. The van der Waals surface area contributed by atoms with Crippen molar-refractivity contribution in [2.45, 2.75) is 45.2 Å². The van der Waals surface area contributed by atoms with Crippen molar-refractivity contribution in [2.24, 2.45) is 0 Å². The Hall–Kier alpha value is -0.0800. The van der Waals surface area contributed by atoms with Gasteiger partial charge in [-0.25, -0.2) is 0 Å². The number of piperidine rings is 1. The third-order valence-corrected chi connectivity index (χ3v) is 3.72. The van der Waals surface area contributed by atoms with E-state index in [2.05, 4.69) is 23.6 Å². The Morgan fingerprint density at radius 2 is 2.08 bits per heavy atom. The number of nitrogens with zero attached hydrogens (tertiary/aromatic N) is 2. The normalized spacial score (nSPS) is 40.6. The van der Waals surface area contributed by atoms with Gasteiger partial charge in [0.05, 0.1) is 0 Å². The zero-order valence-electron chi connectivity index (χ0n) is 9.00. The highest BCUT2D eigenvalue weighted by Gasteiger charge is 2.34. The van der Waals surface area contributed by atoms with Gasteiger partial charge in [-0.1, -0.05) is 13.8 Å². The molecule has 2 heterocycles. The summed E-state index contributed by atoms with van der Waals surface area (Å²) >= 11 is 0. The van der Waals surface area contributed by atoms with Crippen LogP contribution in [0.2, 0.25) is 0 Å². The zero-order valence-corrected chi connectivity index (χ0v) is 9.00. The van der Waals surface area contributed by atoms with Crippen LogP contribution in [0.25, 0.3) is 0 Å². The van der Waals surface area contributed by atoms with Gasteiger partial charge in [0.25, 0.3) is 0 Å². The van der Waals surface area contributed by atoms with Gasteiger partial charge in [-0.3, -0.25) is 4.90 Å². The second kappa shape index (κ2) is 3.97. The topological polar surface area (TPSA) is 6.48 Å². The van der Waals surface area contributed by atoms with E-state index in [4.69, 9.17) is 0 Å². The van der Waals surface area contributed by atoms with E-state index in [0.29, 0.717) is 0 Å². The first-order chi connectivity index (χ1) is 6.35. The number of hydrogen-bond donors (Lipinski definition) is 0. The van der Waals surface area contributed by atoms with E-state index in [-0.39, 0.29) is 0 Å². The Morgan fingerprint density at radius 3 is 2.77 bits per heavy atom. The predicted molar refractivity (Wildman–Crippen MR) is 55.9 cm³/mol. The molecule has 0 aromatic heterocycles. The summed E-state index contributed by atoms with van der Waals surface area (Å²) in [5.41, 5.74) is 0. The molecule has 0 radical (unpaired) electrons. The maximum Gasteiger partial charge on any atom is 0.0227 e. The average molecular weight is 182 g/mol. The first-order valence-corrected chi connectivity index (χ1v) is 5.83. The van der Waals surface area contributed by atoms with Crippen LogP contribution in [0, 0.1) is 0 Å². The fraction of sp³-hybridized carbons (Fsp3) is 1.00. The largest absolute Gasteiger partial charge is 0.300 e. The average Bonchev–Trinajstić information content (AvgIpc) is 2.17. The molecule has 76 valence electrons. The molecule has 0 amide bonds. The number of piperazine rings is 1. The second-order valence-electron chi connectivity index (χ2n) is 4.45. The van der Waals surface area contributed by atoms with Crippen molar-refractivity contribution >= 4 is 0 Å². The van der Waals surface area contributed by atoms with Crippen LogP contribution in [0.4, 0.5) is 0 Å². The van der Waals surface area contributed by atoms with Crippen molar-refractivity contribution in [3.8, 4) is 0 Å². The number of fused-ring (bicyclic) bond motifs is 2. The third-order valence-electron chi connectivity index (χ3n) is 3.72. The van der Waals surface area contributed by atoms with Gasteiger partial charge in [-0.2, -0.15) is 0 Å². The molecule has 0 N–H and O–H groups in total. The molecule has 13 heavy (non-hydrogen) atoms. The zero-order chi connectivity index (χ0) is 9.26. The molecule has 2 rings (SSSR count). The summed E-state index contributed by atoms with van der Waals surface area (Å²) in [6.45, 7) is 9.90. The lowest BCUT2D eigenvalue weighted by Gasteiger charge is -2.49. The molecule has 2 fully saturated rings. The van der Waals surface area contributed by atoms with Crippen molar-refractivity contribution in [1.82, 2.24) is 9.80 Å². The maximum absolute atomic E-state index is 2.73. The molecule has 0 aromatic rings. The van der Waals surface area contributed by atoms with E-state index in [1.54, 1.807) is 0 Å². The van der Waals surface area contributed by atoms with Crippen molar-refractivity contribution < 1.29 is 0 Å². The highest BCUT2D eigenvalue weighted by atomic mass is 15.3. The van der Waals surface area contributed by atoms with Crippen LogP contribution < -0.4 is 0 Å². The molecule has 0 aliphatic carbocycles. The molecule has 3 unspecified atom stereocenters. The highest BCUT2D eigenvalue weighted by molar-refractivity contribution is 4.91. The molecule has 2 saturated heterocycles. The Kier molecular flexibility index (Phi) is 2.89. The molecular formula is C11H22N2. The lowest BCUT2D eigenvalue weighted by Crippen LogP contribution is -2.60. The first kappa shape index (κ1) is 9.47. The molecule has 2 aliphatic heterocycles. The van der Waals surface area contributed by atoms with E-state index < -0.39 is 0 Å². The van der Waals surface area contributed by atoms with Gasteiger partial charge in [0, 0.05) is 25.2 Å². The van der Waals surface area contributed by atoms with Gasteiger partial charge in [0.1, 0.15) is 0 Å². The predicted octanol–water partition coefficient (Wildman–Crippen LogP) is 1.56. The van der Waals surface area contributed by atoms with E-state index in [0.717, 1.165) is 12.1 Å². The van der Waals surface area contributed by atoms with Crippen LogP contribution in [0.3, 0.4) is 0 Å². The molecule has 2 bridgehead atoms. The molecule has 3 atom stereocenters. The van der Waals surface area contributed by atoms with E-state index in [1.165, 1.54) is 45.4 Å². The lowest BCUT2D eigenvalue weighted by molar-refractivity contribution is -0.00309. The van der Waals surface area contributed by atoms with Crippen molar-refractivity contribution in [1.29, 1.82) is 0 Å². The fourth-order valence-corrected chi connectivity index (χ4v) is 3.05. The highest BCUT2D eigenvalue weighted by Crippen LogP contribution is 2.25. The number of rotatable bonds is 2. The summed E-state index contributed by atoms with van der Waals surface area (Å²) in [6, 6.07) is 1.71. The Balaban J connectivity index is 2.05. The first-order valence-electron chi connectivity index (χ1n) is 5.83. The van der Waals surface area contributed by atoms with Gasteiger partial charge >= 0.3 is 0 Å². The summed E-state index contributed by atoms with van der Waals surface area (Å²) in [6.07, 6.45) is 4.17. The van der Waals surface area contributed by atoms with Crippen molar-refractivity contribution in [3.05, 3.63) is 0 Å². The van der Waals surface area contributed by atoms with Crippen LogP contribution >= 0.6 is 0 Å². The van der Waals surface area contributed by atoms with Crippen LogP contribution in [0.15, 0.2) is 0 Å². The number of hydrogen-bond acceptors (Lipinski definition) is 2. The SMILES string of the molecule is CCC1CN2CCCC(C2)N1CC. The van der Waals surface area contributed by atoms with Gasteiger partial charge in [0.2, 0.25) is 0 Å². The van der Waals surface area contributed by atoms with Crippen molar-refractivity contribution in [3.63, 3.8) is 0 Å². The smallest absolute Gasteiger partial charge is 0.0227 e. The number of likely N-dealkylation sites (N-methyl/N-ethyl adjacent to an activating group) is 1. The van der Waals surface area contributed by atoms with E-state index >= 15 is 0 Å². The summed E-state index contributed by atoms with van der Waals surface area (Å²) < 4.78 is 0. The summed E-state index contributed by atoms with van der Waals surface area (Å²) in [5, 5.41) is 0. The minimum Gasteiger partial charge on any atom is -0.300 e. The standard InChI is InChI=1S/C11H22N2/c1-3-10-8-12-7-5-6-11(9-12)13(10)4-2/h10-11H,3-9H2,1-2H3. The van der Waals surface area contributed by atoms with Crippen LogP contribution in [-0.4, -0.2) is 48.1 Å². The molecule has 0 spiro atoms. The summed E-state index contributed by atoms with van der Waals surface area (Å²) in [7, 11) is 0. The van der Waals surface area contributed by atoms with Gasteiger partial charge in [-0.05, 0) is 32.4 Å². The van der Waals surface area contributed by atoms with Crippen LogP contribution in [0.1, 0.15) is 33.1 Å².